The molecule has 0 unspecified atom stereocenters. The predicted molar refractivity (Wildman–Crippen MR) is 80.2 cm³/mol. The lowest BCUT2D eigenvalue weighted by molar-refractivity contribution is 0.177. The highest BCUT2D eigenvalue weighted by Gasteiger charge is 2.24. The van der Waals surface area contributed by atoms with Crippen molar-refractivity contribution < 1.29 is 13.2 Å². The maximum absolute atomic E-state index is 12.6. The van der Waals surface area contributed by atoms with Crippen molar-refractivity contribution in [2.24, 2.45) is 0 Å². The van der Waals surface area contributed by atoms with E-state index in [1.165, 1.54) is 4.31 Å². The summed E-state index contributed by atoms with van der Waals surface area (Å²) in [5, 5.41) is 3.90. The van der Waals surface area contributed by atoms with E-state index in [-0.39, 0.29) is 0 Å². The Kier molecular flexibility index (Phi) is 5.31. The van der Waals surface area contributed by atoms with Crippen molar-refractivity contribution in [3.63, 3.8) is 0 Å². The van der Waals surface area contributed by atoms with Crippen molar-refractivity contribution in [3.05, 3.63) is 52.7 Å². The first-order chi connectivity index (χ1) is 9.64. The topological polar surface area (TPSA) is 46.6 Å². The molecule has 0 aliphatic heterocycles. The molecule has 0 N–H and O–H groups in total. The van der Waals surface area contributed by atoms with Gasteiger partial charge >= 0.3 is 0 Å². The van der Waals surface area contributed by atoms with Gasteiger partial charge in [-0.3, -0.25) is 0 Å². The Bertz CT molecular complexity index is 609. The van der Waals surface area contributed by atoms with Gasteiger partial charge < -0.3 is 4.74 Å². The standard InChI is InChI=1S/C14H17NO3S2/c1-18-9-8-15(11-13-7-10-19-12-13)20(16,17)14-5-3-2-4-6-14/h2-7,10,12H,8-9,11H2,1H3. The van der Waals surface area contributed by atoms with Gasteiger partial charge in [0.25, 0.3) is 0 Å². The first kappa shape index (κ1) is 15.2. The van der Waals surface area contributed by atoms with Crippen LogP contribution in [0.25, 0.3) is 0 Å². The van der Waals surface area contributed by atoms with E-state index in [1.807, 2.05) is 16.8 Å². The van der Waals surface area contributed by atoms with E-state index in [1.54, 1.807) is 48.8 Å². The van der Waals surface area contributed by atoms with Gasteiger partial charge in [-0.25, -0.2) is 8.42 Å². The molecule has 0 saturated heterocycles. The summed E-state index contributed by atoms with van der Waals surface area (Å²) >= 11 is 1.56. The van der Waals surface area contributed by atoms with Crippen molar-refractivity contribution in [2.75, 3.05) is 20.3 Å². The van der Waals surface area contributed by atoms with Gasteiger partial charge in [-0.05, 0) is 34.5 Å². The molecule has 0 radical (unpaired) electrons. The van der Waals surface area contributed by atoms with Gasteiger partial charge in [-0.1, -0.05) is 18.2 Å². The van der Waals surface area contributed by atoms with Crippen LogP contribution in [-0.4, -0.2) is 33.0 Å². The second-order valence-corrected chi connectivity index (χ2v) is 6.99. The van der Waals surface area contributed by atoms with Crippen LogP contribution < -0.4 is 0 Å². The Labute approximate surface area is 123 Å². The molecule has 0 saturated carbocycles. The number of ether oxygens (including phenoxy) is 1. The lowest BCUT2D eigenvalue weighted by Gasteiger charge is -2.21. The van der Waals surface area contributed by atoms with Gasteiger partial charge in [0.1, 0.15) is 0 Å². The van der Waals surface area contributed by atoms with Crippen molar-refractivity contribution >= 4 is 21.4 Å². The molecule has 1 aromatic heterocycles. The normalized spacial score (nSPS) is 11.9. The highest BCUT2D eigenvalue weighted by molar-refractivity contribution is 7.89. The molecule has 6 heteroatoms. The third-order valence-electron chi connectivity index (χ3n) is 2.86. The van der Waals surface area contributed by atoms with Crippen molar-refractivity contribution in [3.8, 4) is 0 Å². The zero-order chi connectivity index (χ0) is 14.4. The Hall–Kier alpha value is -1.21. The molecule has 4 nitrogen and oxygen atoms in total. The summed E-state index contributed by atoms with van der Waals surface area (Å²) in [6.07, 6.45) is 0. The number of methoxy groups -OCH3 is 1. The lowest BCUT2D eigenvalue weighted by atomic mass is 10.3. The SMILES string of the molecule is COCCN(Cc1ccsc1)S(=O)(=O)c1ccccc1. The minimum atomic E-state index is -3.49. The highest BCUT2D eigenvalue weighted by Crippen LogP contribution is 2.19. The van der Waals surface area contributed by atoms with E-state index in [2.05, 4.69) is 0 Å². The average Bonchev–Trinajstić information content (AvgIpc) is 2.97. The lowest BCUT2D eigenvalue weighted by Crippen LogP contribution is -2.33. The summed E-state index contributed by atoms with van der Waals surface area (Å²) in [5.41, 5.74) is 0.991. The summed E-state index contributed by atoms with van der Waals surface area (Å²) in [6.45, 7) is 1.07. The van der Waals surface area contributed by atoms with Crippen LogP contribution in [0.4, 0.5) is 0 Å². The van der Waals surface area contributed by atoms with Crippen molar-refractivity contribution in [1.82, 2.24) is 4.31 Å². The van der Waals surface area contributed by atoms with Crippen LogP contribution in [0.15, 0.2) is 52.1 Å². The van der Waals surface area contributed by atoms with Gasteiger partial charge in [0.05, 0.1) is 11.5 Å². The van der Waals surface area contributed by atoms with Crippen LogP contribution in [0.2, 0.25) is 0 Å². The number of rotatable bonds is 7. The first-order valence-corrected chi connectivity index (χ1v) is 8.58. The molecular formula is C14H17NO3S2. The van der Waals surface area contributed by atoms with Crippen LogP contribution in [0, 0.1) is 0 Å². The molecule has 0 amide bonds. The van der Waals surface area contributed by atoms with Crippen molar-refractivity contribution in [1.29, 1.82) is 0 Å². The predicted octanol–water partition coefficient (Wildman–Crippen LogP) is 2.59. The van der Waals surface area contributed by atoms with E-state index in [0.29, 0.717) is 24.6 Å². The summed E-state index contributed by atoms with van der Waals surface area (Å²) in [6, 6.07) is 10.4. The smallest absolute Gasteiger partial charge is 0.243 e. The molecule has 0 bridgehead atoms. The monoisotopic (exact) mass is 311 g/mol. The quantitative estimate of drug-likeness (QED) is 0.789. The third-order valence-corrected chi connectivity index (χ3v) is 5.46. The molecular weight excluding hydrogens is 294 g/mol. The molecule has 1 aromatic carbocycles. The molecule has 0 fully saturated rings. The van der Waals surface area contributed by atoms with E-state index in [4.69, 9.17) is 4.74 Å². The Morgan fingerprint density at radius 1 is 1.20 bits per heavy atom. The molecule has 0 atom stereocenters. The number of hydrogen-bond acceptors (Lipinski definition) is 4. The maximum Gasteiger partial charge on any atom is 0.243 e. The Morgan fingerprint density at radius 2 is 1.95 bits per heavy atom. The Morgan fingerprint density at radius 3 is 2.55 bits per heavy atom. The zero-order valence-corrected chi connectivity index (χ0v) is 12.9. The van der Waals surface area contributed by atoms with Gasteiger partial charge in [0, 0.05) is 20.2 Å². The summed E-state index contributed by atoms with van der Waals surface area (Å²) < 4.78 is 31.7. The van der Waals surface area contributed by atoms with Gasteiger partial charge in [0.15, 0.2) is 0 Å². The largest absolute Gasteiger partial charge is 0.383 e. The van der Waals surface area contributed by atoms with Gasteiger partial charge in [-0.2, -0.15) is 15.6 Å². The Balaban J connectivity index is 2.25. The fraction of sp³-hybridized carbons (Fsp3) is 0.286. The molecule has 20 heavy (non-hydrogen) atoms. The number of nitrogens with zero attached hydrogens (tertiary/aromatic N) is 1. The number of thiophene rings is 1. The number of sulfonamides is 1. The molecule has 2 aromatic rings. The van der Waals surface area contributed by atoms with Crippen LogP contribution in [0.5, 0.6) is 0 Å². The molecule has 108 valence electrons. The molecule has 2 rings (SSSR count). The van der Waals surface area contributed by atoms with Crippen LogP contribution >= 0.6 is 11.3 Å². The second kappa shape index (κ2) is 6.99. The summed E-state index contributed by atoms with van der Waals surface area (Å²) in [4.78, 5) is 0.311. The van der Waals surface area contributed by atoms with Crippen LogP contribution in [0.1, 0.15) is 5.56 Å². The van der Waals surface area contributed by atoms with Crippen LogP contribution in [-0.2, 0) is 21.3 Å². The molecule has 0 aliphatic carbocycles. The second-order valence-electron chi connectivity index (χ2n) is 4.28. The van der Waals surface area contributed by atoms with E-state index in [0.717, 1.165) is 5.56 Å². The van der Waals surface area contributed by atoms with E-state index in [9.17, 15) is 8.42 Å². The average molecular weight is 311 g/mol. The zero-order valence-electron chi connectivity index (χ0n) is 11.2. The van der Waals surface area contributed by atoms with Crippen LogP contribution in [0.3, 0.4) is 0 Å². The van der Waals surface area contributed by atoms with E-state index < -0.39 is 10.0 Å². The fourth-order valence-corrected chi connectivity index (χ4v) is 3.90. The fourth-order valence-electron chi connectivity index (χ4n) is 1.81. The molecule has 1 heterocycles. The minimum Gasteiger partial charge on any atom is -0.383 e. The summed E-state index contributed by atoms with van der Waals surface area (Å²) in [5.74, 6) is 0. The molecule has 0 spiro atoms. The van der Waals surface area contributed by atoms with Gasteiger partial charge in [-0.15, -0.1) is 0 Å². The number of hydrogen-bond donors (Lipinski definition) is 0. The maximum atomic E-state index is 12.6. The third kappa shape index (κ3) is 3.67. The summed E-state index contributed by atoms with van der Waals surface area (Å²) in [7, 11) is -1.92. The first-order valence-electron chi connectivity index (χ1n) is 6.20. The number of benzene rings is 1. The van der Waals surface area contributed by atoms with E-state index >= 15 is 0 Å². The van der Waals surface area contributed by atoms with Gasteiger partial charge in [0.2, 0.25) is 10.0 Å². The molecule has 0 aliphatic rings. The highest BCUT2D eigenvalue weighted by atomic mass is 32.2. The van der Waals surface area contributed by atoms with Crippen molar-refractivity contribution in [2.45, 2.75) is 11.4 Å². The minimum absolute atomic E-state index is 0.311.